The Hall–Kier alpha value is -1.33. The molecule has 0 radical (unpaired) electrons. The monoisotopic (exact) mass is 247 g/mol. The van der Waals surface area contributed by atoms with Crippen LogP contribution < -0.4 is 0 Å². The van der Waals surface area contributed by atoms with Crippen molar-refractivity contribution in [2.45, 2.75) is 6.92 Å². The van der Waals surface area contributed by atoms with E-state index in [9.17, 15) is 0 Å². The van der Waals surface area contributed by atoms with Gasteiger partial charge in [0, 0.05) is 10.0 Å². The summed E-state index contributed by atoms with van der Waals surface area (Å²) in [6.07, 6.45) is 3.61. The average Bonchev–Trinajstić information content (AvgIpc) is 2.16. The van der Waals surface area contributed by atoms with Gasteiger partial charge in [-0.2, -0.15) is 5.26 Å². The molecule has 0 aliphatic heterocycles. The van der Waals surface area contributed by atoms with Crippen LogP contribution in [0.4, 0.5) is 0 Å². The number of halogens is 1. The topological polar surface area (TPSA) is 23.8 Å². The standard InChI is InChI=1S/C12H10BrN/c1-9(8-14)6-7-11-10(2)4-3-5-12(11)13/h3-7H,1H2,2H3/b7-6-. The Morgan fingerprint density at radius 2 is 2.29 bits per heavy atom. The molecule has 0 atom stereocenters. The molecule has 0 fully saturated rings. The van der Waals surface area contributed by atoms with E-state index in [-0.39, 0.29) is 0 Å². The summed E-state index contributed by atoms with van der Waals surface area (Å²) in [4.78, 5) is 0. The zero-order valence-corrected chi connectivity index (χ0v) is 9.51. The largest absolute Gasteiger partial charge is 0.192 e. The Balaban J connectivity index is 3.04. The molecule has 0 spiro atoms. The van der Waals surface area contributed by atoms with E-state index in [1.807, 2.05) is 37.3 Å². The highest BCUT2D eigenvalue weighted by atomic mass is 79.9. The van der Waals surface area contributed by atoms with Crippen molar-refractivity contribution < 1.29 is 0 Å². The van der Waals surface area contributed by atoms with E-state index in [0.717, 1.165) is 10.0 Å². The molecule has 0 aliphatic rings. The average molecular weight is 248 g/mol. The SMILES string of the molecule is C=C(C#N)/C=C\c1c(C)cccc1Br. The van der Waals surface area contributed by atoms with Crippen molar-refractivity contribution in [3.63, 3.8) is 0 Å². The van der Waals surface area contributed by atoms with E-state index < -0.39 is 0 Å². The Bertz CT molecular complexity index is 404. The number of hydrogen-bond acceptors (Lipinski definition) is 1. The maximum atomic E-state index is 8.54. The van der Waals surface area contributed by atoms with Gasteiger partial charge in [0.2, 0.25) is 0 Å². The zero-order chi connectivity index (χ0) is 10.6. The molecule has 1 rings (SSSR count). The Kier molecular flexibility index (Phi) is 3.67. The molecule has 2 heteroatoms. The van der Waals surface area contributed by atoms with Gasteiger partial charge in [-0.25, -0.2) is 0 Å². The molecule has 0 aromatic heterocycles. The van der Waals surface area contributed by atoms with Gasteiger partial charge < -0.3 is 0 Å². The van der Waals surface area contributed by atoms with Gasteiger partial charge in [-0.05, 0) is 30.2 Å². The Morgan fingerprint density at radius 1 is 1.57 bits per heavy atom. The quantitative estimate of drug-likeness (QED) is 0.576. The van der Waals surface area contributed by atoms with Crippen molar-refractivity contribution in [1.82, 2.24) is 0 Å². The minimum absolute atomic E-state index is 0.458. The number of aryl methyl sites for hydroxylation is 1. The molecule has 0 bridgehead atoms. The van der Waals surface area contributed by atoms with Crippen LogP contribution in [0.15, 0.2) is 40.9 Å². The van der Waals surface area contributed by atoms with Crippen molar-refractivity contribution in [1.29, 1.82) is 5.26 Å². The molecule has 0 heterocycles. The van der Waals surface area contributed by atoms with Gasteiger partial charge in [-0.3, -0.25) is 0 Å². The highest BCUT2D eigenvalue weighted by Gasteiger charge is 1.98. The maximum absolute atomic E-state index is 8.54. The molecule has 14 heavy (non-hydrogen) atoms. The summed E-state index contributed by atoms with van der Waals surface area (Å²) in [5, 5.41) is 8.54. The normalized spacial score (nSPS) is 10.1. The van der Waals surface area contributed by atoms with Gasteiger partial charge in [-0.1, -0.05) is 40.7 Å². The summed E-state index contributed by atoms with van der Waals surface area (Å²) >= 11 is 3.46. The second-order valence-corrected chi connectivity index (χ2v) is 3.80. The number of hydrogen-bond donors (Lipinski definition) is 0. The fourth-order valence-electron chi connectivity index (χ4n) is 1.08. The summed E-state index contributed by atoms with van der Waals surface area (Å²) in [7, 11) is 0. The Labute approximate surface area is 92.5 Å². The molecule has 0 saturated carbocycles. The van der Waals surface area contributed by atoms with E-state index in [1.54, 1.807) is 6.08 Å². The van der Waals surface area contributed by atoms with Crippen LogP contribution in [0.5, 0.6) is 0 Å². The van der Waals surface area contributed by atoms with E-state index in [0.29, 0.717) is 5.57 Å². The van der Waals surface area contributed by atoms with Crippen molar-refractivity contribution in [2.24, 2.45) is 0 Å². The number of rotatable bonds is 2. The lowest BCUT2D eigenvalue weighted by atomic mass is 10.1. The second-order valence-electron chi connectivity index (χ2n) is 2.94. The van der Waals surface area contributed by atoms with Crippen LogP contribution in [0, 0.1) is 18.3 Å². The fourth-order valence-corrected chi connectivity index (χ4v) is 1.67. The molecule has 70 valence electrons. The first kappa shape index (κ1) is 10.7. The number of benzene rings is 1. The third-order valence-electron chi connectivity index (χ3n) is 1.87. The summed E-state index contributed by atoms with van der Waals surface area (Å²) in [5.41, 5.74) is 2.71. The fraction of sp³-hybridized carbons (Fsp3) is 0.0833. The number of nitrogens with zero attached hydrogens (tertiary/aromatic N) is 1. The van der Waals surface area contributed by atoms with Crippen LogP contribution in [-0.4, -0.2) is 0 Å². The van der Waals surface area contributed by atoms with Gasteiger partial charge in [0.15, 0.2) is 0 Å². The summed E-state index contributed by atoms with van der Waals surface area (Å²) in [6, 6.07) is 7.96. The third kappa shape index (κ3) is 2.58. The molecule has 1 nitrogen and oxygen atoms in total. The Morgan fingerprint density at radius 3 is 2.86 bits per heavy atom. The maximum Gasteiger partial charge on any atom is 0.0985 e. The van der Waals surface area contributed by atoms with Crippen LogP contribution in [0.2, 0.25) is 0 Å². The van der Waals surface area contributed by atoms with Crippen molar-refractivity contribution in [3.8, 4) is 6.07 Å². The third-order valence-corrected chi connectivity index (χ3v) is 2.56. The zero-order valence-electron chi connectivity index (χ0n) is 7.92. The molecule has 0 amide bonds. The van der Waals surface area contributed by atoms with E-state index in [2.05, 4.69) is 22.5 Å². The van der Waals surface area contributed by atoms with Crippen LogP contribution in [0.25, 0.3) is 6.08 Å². The van der Waals surface area contributed by atoms with Crippen LogP contribution in [0.3, 0.4) is 0 Å². The number of nitriles is 1. The first-order chi connectivity index (χ1) is 6.65. The van der Waals surface area contributed by atoms with Crippen molar-refractivity contribution in [3.05, 3.63) is 52.0 Å². The van der Waals surface area contributed by atoms with Crippen molar-refractivity contribution in [2.75, 3.05) is 0 Å². The summed E-state index contributed by atoms with van der Waals surface area (Å²) in [6.45, 7) is 5.61. The molecule has 0 unspecified atom stereocenters. The van der Waals surface area contributed by atoms with Crippen molar-refractivity contribution >= 4 is 22.0 Å². The number of allylic oxidation sites excluding steroid dienone is 2. The van der Waals surface area contributed by atoms with Gasteiger partial charge in [-0.15, -0.1) is 0 Å². The minimum atomic E-state index is 0.458. The van der Waals surface area contributed by atoms with Gasteiger partial charge in [0.05, 0.1) is 6.07 Å². The van der Waals surface area contributed by atoms with Gasteiger partial charge in [0.1, 0.15) is 0 Å². The van der Waals surface area contributed by atoms with Gasteiger partial charge in [0.25, 0.3) is 0 Å². The lowest BCUT2D eigenvalue weighted by Gasteiger charge is -2.02. The van der Waals surface area contributed by atoms with E-state index >= 15 is 0 Å². The van der Waals surface area contributed by atoms with Crippen LogP contribution in [0.1, 0.15) is 11.1 Å². The predicted molar refractivity (Wildman–Crippen MR) is 62.7 cm³/mol. The smallest absolute Gasteiger partial charge is 0.0985 e. The first-order valence-corrected chi connectivity index (χ1v) is 4.96. The molecule has 0 saturated heterocycles. The van der Waals surface area contributed by atoms with Crippen LogP contribution in [-0.2, 0) is 0 Å². The lowest BCUT2D eigenvalue weighted by molar-refractivity contribution is 1.42. The van der Waals surface area contributed by atoms with E-state index in [1.165, 1.54) is 5.56 Å². The highest BCUT2D eigenvalue weighted by Crippen LogP contribution is 2.21. The van der Waals surface area contributed by atoms with Crippen LogP contribution >= 0.6 is 15.9 Å². The molecular formula is C12H10BrN. The first-order valence-electron chi connectivity index (χ1n) is 4.17. The lowest BCUT2D eigenvalue weighted by Crippen LogP contribution is -1.81. The summed E-state index contributed by atoms with van der Waals surface area (Å²) < 4.78 is 1.03. The molecular weight excluding hydrogens is 238 g/mol. The molecule has 1 aromatic carbocycles. The minimum Gasteiger partial charge on any atom is -0.192 e. The molecule has 1 aromatic rings. The molecule has 0 aliphatic carbocycles. The predicted octanol–water partition coefficient (Wildman–Crippen LogP) is 3.85. The molecule has 0 N–H and O–H groups in total. The van der Waals surface area contributed by atoms with Gasteiger partial charge >= 0.3 is 0 Å². The highest BCUT2D eigenvalue weighted by molar-refractivity contribution is 9.10. The second kappa shape index (κ2) is 4.78. The summed E-state index contributed by atoms with van der Waals surface area (Å²) in [5.74, 6) is 0. The van der Waals surface area contributed by atoms with E-state index in [4.69, 9.17) is 5.26 Å².